The molecule has 1 aromatic carbocycles. The van der Waals surface area contributed by atoms with Gasteiger partial charge in [0.2, 0.25) is 5.95 Å². The summed E-state index contributed by atoms with van der Waals surface area (Å²) in [6.45, 7) is 0. The average Bonchev–Trinajstić information content (AvgIpc) is 2.42. The summed E-state index contributed by atoms with van der Waals surface area (Å²) in [5, 5.41) is 21.0. The maximum Gasteiger partial charge on any atom is 0.222 e. The smallest absolute Gasteiger partial charge is 0.222 e. The van der Waals surface area contributed by atoms with E-state index >= 15 is 0 Å². The van der Waals surface area contributed by atoms with E-state index in [2.05, 4.69) is 15.3 Å². The lowest BCUT2D eigenvalue weighted by atomic mass is 10.1. The number of halogens is 1. The first-order valence-electron chi connectivity index (χ1n) is 5.13. The number of benzene rings is 1. The van der Waals surface area contributed by atoms with Crippen molar-refractivity contribution in [1.29, 1.82) is 10.5 Å². The van der Waals surface area contributed by atoms with Crippen molar-refractivity contribution in [3.63, 3.8) is 0 Å². The van der Waals surface area contributed by atoms with E-state index in [1.165, 1.54) is 12.3 Å². The number of nitrogens with zero attached hydrogens (tertiary/aromatic N) is 4. The second-order valence-corrected chi connectivity index (χ2v) is 3.94. The third kappa shape index (κ3) is 2.71. The van der Waals surface area contributed by atoms with Gasteiger partial charge in [-0.05, 0) is 18.2 Å². The molecule has 0 aliphatic heterocycles. The van der Waals surface area contributed by atoms with Gasteiger partial charge >= 0.3 is 0 Å². The van der Waals surface area contributed by atoms with Crippen LogP contribution in [-0.4, -0.2) is 9.97 Å². The van der Waals surface area contributed by atoms with Crippen LogP contribution in [-0.2, 0) is 0 Å². The van der Waals surface area contributed by atoms with Gasteiger partial charge in [0, 0.05) is 5.69 Å². The summed E-state index contributed by atoms with van der Waals surface area (Å²) in [6, 6.07) is 8.60. The zero-order chi connectivity index (χ0) is 13.8. The Kier molecular flexibility index (Phi) is 3.46. The van der Waals surface area contributed by atoms with Crippen LogP contribution >= 0.6 is 11.6 Å². The van der Waals surface area contributed by atoms with Crippen LogP contribution in [0.2, 0.25) is 5.02 Å². The van der Waals surface area contributed by atoms with Crippen molar-refractivity contribution in [3.8, 4) is 12.1 Å². The molecule has 0 saturated carbocycles. The third-order valence-corrected chi connectivity index (χ3v) is 2.56. The number of nitriles is 2. The van der Waals surface area contributed by atoms with E-state index in [1.807, 2.05) is 12.1 Å². The Morgan fingerprint density at radius 2 is 1.95 bits per heavy atom. The van der Waals surface area contributed by atoms with Crippen LogP contribution in [0.15, 0.2) is 24.4 Å². The number of rotatable bonds is 2. The van der Waals surface area contributed by atoms with Crippen LogP contribution in [0, 0.1) is 22.7 Å². The molecule has 0 aliphatic carbocycles. The van der Waals surface area contributed by atoms with Gasteiger partial charge in [0.15, 0.2) is 5.82 Å². The van der Waals surface area contributed by atoms with Gasteiger partial charge in [-0.2, -0.15) is 15.5 Å². The Bertz CT molecular complexity index is 713. The van der Waals surface area contributed by atoms with Crippen molar-refractivity contribution < 1.29 is 0 Å². The summed E-state index contributed by atoms with van der Waals surface area (Å²) in [4.78, 5) is 7.68. The predicted octanol–water partition coefficient (Wildman–Crippen LogP) is 2.20. The first-order chi connectivity index (χ1) is 9.13. The van der Waals surface area contributed by atoms with Gasteiger partial charge < -0.3 is 11.1 Å². The standard InChI is InChI=1S/C12H7ClN6/c13-10-6-17-12(16)19-11(10)18-9-2-1-7(4-14)8(3-9)5-15/h1-3,6H,(H3,16,17,18,19). The SMILES string of the molecule is N#Cc1ccc(Nc2nc(N)ncc2Cl)cc1C#N. The molecule has 0 unspecified atom stereocenters. The van der Waals surface area contributed by atoms with Crippen LogP contribution in [0.4, 0.5) is 17.5 Å². The highest BCUT2D eigenvalue weighted by Crippen LogP contribution is 2.24. The maximum absolute atomic E-state index is 8.94. The summed E-state index contributed by atoms with van der Waals surface area (Å²) in [5.74, 6) is 0.420. The molecule has 19 heavy (non-hydrogen) atoms. The minimum absolute atomic E-state index is 0.0843. The van der Waals surface area contributed by atoms with Crippen LogP contribution < -0.4 is 11.1 Å². The molecule has 0 spiro atoms. The van der Waals surface area contributed by atoms with Crippen molar-refractivity contribution in [1.82, 2.24) is 9.97 Å². The molecule has 0 fully saturated rings. The van der Waals surface area contributed by atoms with Crippen LogP contribution in [0.25, 0.3) is 0 Å². The van der Waals surface area contributed by atoms with Crippen molar-refractivity contribution in [2.75, 3.05) is 11.1 Å². The second kappa shape index (κ2) is 5.21. The molecule has 7 heteroatoms. The first-order valence-corrected chi connectivity index (χ1v) is 5.51. The van der Waals surface area contributed by atoms with Gasteiger partial charge in [-0.15, -0.1) is 0 Å². The highest BCUT2D eigenvalue weighted by Gasteiger charge is 2.07. The van der Waals surface area contributed by atoms with Gasteiger partial charge in [0.05, 0.1) is 17.3 Å². The number of aromatic nitrogens is 2. The highest BCUT2D eigenvalue weighted by molar-refractivity contribution is 6.32. The lowest BCUT2D eigenvalue weighted by Crippen LogP contribution is -2.00. The van der Waals surface area contributed by atoms with Gasteiger partial charge in [-0.1, -0.05) is 11.6 Å². The van der Waals surface area contributed by atoms with E-state index in [-0.39, 0.29) is 11.5 Å². The molecule has 0 radical (unpaired) electrons. The van der Waals surface area contributed by atoms with Crippen LogP contribution in [0.5, 0.6) is 0 Å². The molecule has 0 bridgehead atoms. The fourth-order valence-electron chi connectivity index (χ4n) is 1.42. The zero-order valence-corrected chi connectivity index (χ0v) is 10.3. The Balaban J connectivity index is 2.37. The Morgan fingerprint density at radius 3 is 2.63 bits per heavy atom. The van der Waals surface area contributed by atoms with Crippen LogP contribution in [0.3, 0.4) is 0 Å². The minimum Gasteiger partial charge on any atom is -0.368 e. The summed E-state index contributed by atoms with van der Waals surface area (Å²) in [6.07, 6.45) is 1.38. The van der Waals surface area contributed by atoms with E-state index < -0.39 is 0 Å². The molecule has 0 saturated heterocycles. The summed E-state index contributed by atoms with van der Waals surface area (Å²) < 4.78 is 0. The van der Waals surface area contributed by atoms with Crippen molar-refractivity contribution >= 4 is 29.1 Å². The quantitative estimate of drug-likeness (QED) is 0.865. The third-order valence-electron chi connectivity index (χ3n) is 2.29. The predicted molar refractivity (Wildman–Crippen MR) is 70.6 cm³/mol. The monoisotopic (exact) mass is 270 g/mol. The maximum atomic E-state index is 8.94. The van der Waals surface area contributed by atoms with E-state index in [0.29, 0.717) is 22.1 Å². The zero-order valence-electron chi connectivity index (χ0n) is 9.55. The molecule has 3 N–H and O–H groups in total. The van der Waals surface area contributed by atoms with Crippen LogP contribution in [0.1, 0.15) is 11.1 Å². The highest BCUT2D eigenvalue weighted by atomic mass is 35.5. The molecular formula is C12H7ClN6. The Hall–Kier alpha value is -2.83. The second-order valence-electron chi connectivity index (χ2n) is 3.53. The molecule has 2 rings (SSSR count). The molecule has 1 heterocycles. The first kappa shape index (κ1) is 12.6. The summed E-state index contributed by atoms with van der Waals surface area (Å²) >= 11 is 5.92. The van der Waals surface area contributed by atoms with Gasteiger partial charge in [0.25, 0.3) is 0 Å². The molecule has 6 nitrogen and oxygen atoms in total. The topological polar surface area (TPSA) is 111 Å². The number of nitrogens with one attached hydrogen (secondary N) is 1. The largest absolute Gasteiger partial charge is 0.368 e. The van der Waals surface area contributed by atoms with Gasteiger partial charge in [-0.25, -0.2) is 4.98 Å². The van der Waals surface area contributed by atoms with Gasteiger partial charge in [0.1, 0.15) is 17.2 Å². The van der Waals surface area contributed by atoms with Gasteiger partial charge in [-0.3, -0.25) is 0 Å². The normalized spacial score (nSPS) is 9.42. The molecule has 92 valence electrons. The lowest BCUT2D eigenvalue weighted by molar-refractivity contribution is 1.18. The number of hydrogen-bond donors (Lipinski definition) is 2. The number of hydrogen-bond acceptors (Lipinski definition) is 6. The molecule has 0 atom stereocenters. The molecular weight excluding hydrogens is 264 g/mol. The van der Waals surface area contributed by atoms with Crippen molar-refractivity contribution in [3.05, 3.63) is 40.5 Å². The molecule has 1 aromatic heterocycles. The van der Waals surface area contributed by atoms with Crippen molar-refractivity contribution in [2.45, 2.75) is 0 Å². The fraction of sp³-hybridized carbons (Fsp3) is 0. The van der Waals surface area contributed by atoms with E-state index in [4.69, 9.17) is 27.9 Å². The molecule has 0 amide bonds. The number of anilines is 3. The van der Waals surface area contributed by atoms with E-state index in [1.54, 1.807) is 12.1 Å². The Morgan fingerprint density at radius 1 is 1.21 bits per heavy atom. The molecule has 0 aliphatic rings. The van der Waals surface area contributed by atoms with E-state index in [9.17, 15) is 0 Å². The average molecular weight is 271 g/mol. The summed E-state index contributed by atoms with van der Waals surface area (Å²) in [7, 11) is 0. The fourth-order valence-corrected chi connectivity index (χ4v) is 1.56. The van der Waals surface area contributed by atoms with Crippen molar-refractivity contribution in [2.24, 2.45) is 0 Å². The van der Waals surface area contributed by atoms with E-state index in [0.717, 1.165) is 0 Å². The summed E-state index contributed by atoms with van der Waals surface area (Å²) in [5.41, 5.74) is 6.62. The minimum atomic E-state index is 0.0843. The number of nitrogens with two attached hydrogens (primary N) is 1. The Labute approximate surface area is 114 Å². The molecule has 2 aromatic rings. The number of nitrogen functional groups attached to an aromatic ring is 1. The lowest BCUT2D eigenvalue weighted by Gasteiger charge is -2.08.